The summed E-state index contributed by atoms with van der Waals surface area (Å²) < 4.78 is 4.59. The minimum atomic E-state index is -2.76. The Bertz CT molecular complexity index is 97.2. The van der Waals surface area contributed by atoms with Crippen molar-refractivity contribution in [2.45, 2.75) is 0 Å². The third-order valence-electron chi connectivity index (χ3n) is 0.563. The molecular weight excluding hydrogens is 186 g/mol. The van der Waals surface area contributed by atoms with Crippen LogP contribution in [0.1, 0.15) is 0 Å². The van der Waals surface area contributed by atoms with Crippen molar-refractivity contribution in [3.63, 3.8) is 0 Å². The van der Waals surface area contributed by atoms with E-state index in [0.29, 0.717) is 0 Å². The largest absolute Gasteiger partial charge is 0.502 e. The third-order valence-corrected chi connectivity index (χ3v) is 3.30. The zero-order valence-corrected chi connectivity index (χ0v) is 7.52. The summed E-state index contributed by atoms with van der Waals surface area (Å²) in [5.74, 6) is 0. The van der Waals surface area contributed by atoms with E-state index in [1.807, 2.05) is 0 Å². The van der Waals surface area contributed by atoms with Crippen molar-refractivity contribution in [3.05, 3.63) is 12.0 Å². The van der Waals surface area contributed by atoms with Gasteiger partial charge in [-0.05, 0) is 0 Å². The summed E-state index contributed by atoms with van der Waals surface area (Å²) in [4.78, 5) is 0. The molecule has 0 aliphatic heterocycles. The smallest absolute Gasteiger partial charge is 0.407 e. The average molecular weight is 192 g/mol. The van der Waals surface area contributed by atoms with Crippen molar-refractivity contribution in [2.24, 2.45) is 0 Å². The first-order valence-electron chi connectivity index (χ1n) is 1.78. The highest BCUT2D eigenvalue weighted by Crippen LogP contribution is 2.27. The predicted molar refractivity (Wildman–Crippen MR) is 39.5 cm³/mol. The second-order valence-corrected chi connectivity index (χ2v) is 9.52. The van der Waals surface area contributed by atoms with E-state index in [-0.39, 0.29) is 5.38 Å². The van der Waals surface area contributed by atoms with E-state index in [4.69, 9.17) is 33.2 Å². The van der Waals surface area contributed by atoms with Gasteiger partial charge in [0.05, 0.1) is 7.11 Å². The standard InChI is InChI=1S/C3H5Cl3OSi/c1-3(7-2)8(4,5)6/h1H2,2H3. The molecule has 1 nitrogen and oxygen atoms in total. The molecule has 0 aromatic heterocycles. The van der Waals surface area contributed by atoms with Crippen LogP contribution in [0.5, 0.6) is 0 Å². The summed E-state index contributed by atoms with van der Waals surface area (Å²) in [7, 11) is 1.43. The Morgan fingerprint density at radius 2 is 1.88 bits per heavy atom. The first kappa shape index (κ1) is 8.63. The maximum atomic E-state index is 5.43. The van der Waals surface area contributed by atoms with Crippen LogP contribution < -0.4 is 0 Å². The van der Waals surface area contributed by atoms with Gasteiger partial charge >= 0.3 is 6.00 Å². The van der Waals surface area contributed by atoms with Crippen molar-refractivity contribution < 1.29 is 4.74 Å². The van der Waals surface area contributed by atoms with Gasteiger partial charge in [-0.1, -0.05) is 6.58 Å². The van der Waals surface area contributed by atoms with E-state index in [1.54, 1.807) is 0 Å². The molecule has 0 bridgehead atoms. The molecule has 0 heterocycles. The van der Waals surface area contributed by atoms with Gasteiger partial charge in [0.1, 0.15) is 5.38 Å². The van der Waals surface area contributed by atoms with Crippen molar-refractivity contribution in [2.75, 3.05) is 7.11 Å². The van der Waals surface area contributed by atoms with Gasteiger partial charge < -0.3 is 4.74 Å². The first-order chi connectivity index (χ1) is 3.48. The Kier molecular flexibility index (Phi) is 3.20. The Morgan fingerprint density at radius 3 is 1.88 bits per heavy atom. The second kappa shape index (κ2) is 2.97. The molecule has 0 amide bonds. The molecule has 0 radical (unpaired) electrons. The molecule has 0 aliphatic rings. The number of methoxy groups -OCH3 is 1. The van der Waals surface area contributed by atoms with Crippen LogP contribution in [0.15, 0.2) is 12.0 Å². The molecule has 0 fully saturated rings. The first-order valence-corrected chi connectivity index (χ1v) is 6.82. The third kappa shape index (κ3) is 2.82. The van der Waals surface area contributed by atoms with Gasteiger partial charge in [-0.3, -0.25) is 0 Å². The number of rotatable bonds is 2. The topological polar surface area (TPSA) is 9.23 Å². The van der Waals surface area contributed by atoms with Crippen LogP contribution >= 0.6 is 33.2 Å². The highest BCUT2D eigenvalue weighted by Gasteiger charge is 2.30. The number of hydrogen-bond acceptors (Lipinski definition) is 1. The maximum Gasteiger partial charge on any atom is 0.407 e. The van der Waals surface area contributed by atoms with Crippen molar-refractivity contribution >= 4 is 39.2 Å². The SMILES string of the molecule is C=C(OC)[Si](Cl)(Cl)Cl. The quantitative estimate of drug-likeness (QED) is 0.370. The van der Waals surface area contributed by atoms with Crippen LogP contribution in [0.25, 0.3) is 0 Å². The predicted octanol–water partition coefficient (Wildman–Crippen LogP) is 2.34. The van der Waals surface area contributed by atoms with Crippen molar-refractivity contribution in [1.82, 2.24) is 0 Å². The maximum absolute atomic E-state index is 5.43. The van der Waals surface area contributed by atoms with Crippen LogP contribution in [0.4, 0.5) is 0 Å². The second-order valence-electron chi connectivity index (χ2n) is 1.13. The molecule has 0 aliphatic carbocycles. The Morgan fingerprint density at radius 1 is 1.50 bits per heavy atom. The number of halogens is 3. The minimum Gasteiger partial charge on any atom is -0.502 e. The lowest BCUT2D eigenvalue weighted by Gasteiger charge is -2.08. The zero-order chi connectivity index (χ0) is 6.78. The van der Waals surface area contributed by atoms with Crippen LogP contribution in [-0.2, 0) is 4.74 Å². The molecule has 0 aromatic carbocycles. The summed E-state index contributed by atoms with van der Waals surface area (Å²) in [6.45, 7) is 3.39. The van der Waals surface area contributed by atoms with Crippen LogP contribution in [0.3, 0.4) is 0 Å². The normalized spacial score (nSPS) is 11.0. The molecule has 48 valence electrons. The van der Waals surface area contributed by atoms with E-state index in [9.17, 15) is 0 Å². The van der Waals surface area contributed by atoms with E-state index in [1.165, 1.54) is 7.11 Å². The fraction of sp³-hybridized carbons (Fsp3) is 0.333. The monoisotopic (exact) mass is 190 g/mol. The minimum absolute atomic E-state index is 0.266. The lowest BCUT2D eigenvalue weighted by Crippen LogP contribution is -2.14. The molecule has 0 saturated carbocycles. The van der Waals surface area contributed by atoms with E-state index < -0.39 is 6.00 Å². The summed E-state index contributed by atoms with van der Waals surface area (Å²) in [5.41, 5.74) is 0. The molecule has 0 spiro atoms. The van der Waals surface area contributed by atoms with E-state index >= 15 is 0 Å². The van der Waals surface area contributed by atoms with E-state index in [0.717, 1.165) is 0 Å². The van der Waals surface area contributed by atoms with Crippen LogP contribution in [-0.4, -0.2) is 13.1 Å². The molecule has 0 N–H and O–H groups in total. The Hall–Kier alpha value is 0.627. The summed E-state index contributed by atoms with van der Waals surface area (Å²) in [6, 6.07) is -2.76. The van der Waals surface area contributed by atoms with Gasteiger partial charge in [-0.25, -0.2) is 0 Å². The Labute approximate surface area is 63.3 Å². The fourth-order valence-corrected chi connectivity index (χ4v) is 1.04. The lowest BCUT2D eigenvalue weighted by atomic mass is 11.1. The summed E-state index contributed by atoms with van der Waals surface area (Å²) in [5, 5.41) is 0.266. The van der Waals surface area contributed by atoms with Gasteiger partial charge in [0.15, 0.2) is 0 Å². The zero-order valence-electron chi connectivity index (χ0n) is 4.25. The number of ether oxygens (including phenoxy) is 1. The van der Waals surface area contributed by atoms with Crippen molar-refractivity contribution in [3.8, 4) is 0 Å². The summed E-state index contributed by atoms with van der Waals surface area (Å²) in [6.07, 6.45) is 0. The van der Waals surface area contributed by atoms with Crippen LogP contribution in [0, 0.1) is 0 Å². The molecule has 0 aromatic rings. The lowest BCUT2D eigenvalue weighted by molar-refractivity contribution is 0.321. The average Bonchev–Trinajstić information content (AvgIpc) is 1.62. The molecule has 8 heavy (non-hydrogen) atoms. The number of hydrogen-bond donors (Lipinski definition) is 0. The van der Waals surface area contributed by atoms with Gasteiger partial charge in [0, 0.05) is 0 Å². The van der Waals surface area contributed by atoms with E-state index in [2.05, 4.69) is 11.3 Å². The molecule has 0 saturated heterocycles. The highest BCUT2D eigenvalue weighted by atomic mass is 35.8. The molecular formula is C3H5Cl3OSi. The van der Waals surface area contributed by atoms with Gasteiger partial charge in [-0.2, -0.15) is 0 Å². The van der Waals surface area contributed by atoms with Gasteiger partial charge in [-0.15, -0.1) is 33.2 Å². The molecule has 5 heteroatoms. The molecule has 0 rings (SSSR count). The fourth-order valence-electron chi connectivity index (χ4n) is 0.116. The van der Waals surface area contributed by atoms with Crippen LogP contribution in [0.2, 0.25) is 0 Å². The van der Waals surface area contributed by atoms with Crippen molar-refractivity contribution in [1.29, 1.82) is 0 Å². The molecule has 0 atom stereocenters. The Balaban J connectivity index is 3.82. The van der Waals surface area contributed by atoms with Gasteiger partial charge in [0.2, 0.25) is 0 Å². The van der Waals surface area contributed by atoms with Gasteiger partial charge in [0.25, 0.3) is 0 Å². The summed E-state index contributed by atoms with van der Waals surface area (Å²) >= 11 is 16.3. The highest BCUT2D eigenvalue weighted by molar-refractivity contribution is 7.67. The molecule has 0 unspecified atom stereocenters.